The van der Waals surface area contributed by atoms with E-state index in [9.17, 15) is 4.79 Å². The van der Waals surface area contributed by atoms with Gasteiger partial charge in [-0.1, -0.05) is 6.07 Å². The molecule has 1 atom stereocenters. The zero-order valence-corrected chi connectivity index (χ0v) is 7.78. The number of nitrogens with one attached hydrogen (secondary N) is 1. The second kappa shape index (κ2) is 3.31. The van der Waals surface area contributed by atoms with Crippen molar-refractivity contribution in [1.29, 1.82) is 0 Å². The van der Waals surface area contributed by atoms with Crippen molar-refractivity contribution >= 4 is 5.97 Å². The average Bonchev–Trinajstić information content (AvgIpc) is 2.59. The van der Waals surface area contributed by atoms with Crippen LogP contribution in [0.5, 0.6) is 5.75 Å². The van der Waals surface area contributed by atoms with Crippen molar-refractivity contribution in [3.8, 4) is 5.75 Å². The fourth-order valence-corrected chi connectivity index (χ4v) is 1.58. The highest BCUT2D eigenvalue weighted by Crippen LogP contribution is 2.32. The normalized spacial score (nSPS) is 18.8. The maximum atomic E-state index is 10.7. The van der Waals surface area contributed by atoms with Crippen LogP contribution in [0.3, 0.4) is 0 Å². The molecule has 4 heteroatoms. The molecular formula is C10H11NO3. The zero-order chi connectivity index (χ0) is 10.1. The summed E-state index contributed by atoms with van der Waals surface area (Å²) in [5, 5.41) is 11.9. The predicted molar refractivity (Wildman–Crippen MR) is 50.7 cm³/mol. The van der Waals surface area contributed by atoms with E-state index >= 15 is 0 Å². The summed E-state index contributed by atoms with van der Waals surface area (Å²) in [6, 6.07) is 5.13. The van der Waals surface area contributed by atoms with E-state index in [1.54, 1.807) is 18.2 Å². The van der Waals surface area contributed by atoms with Crippen molar-refractivity contribution in [2.45, 2.75) is 6.04 Å². The molecule has 2 rings (SSSR count). The zero-order valence-electron chi connectivity index (χ0n) is 7.78. The lowest BCUT2D eigenvalue weighted by molar-refractivity contribution is 0.0696. The molecule has 0 amide bonds. The maximum absolute atomic E-state index is 10.7. The van der Waals surface area contributed by atoms with Crippen LogP contribution < -0.4 is 10.1 Å². The van der Waals surface area contributed by atoms with Gasteiger partial charge >= 0.3 is 5.97 Å². The fourth-order valence-electron chi connectivity index (χ4n) is 1.58. The molecule has 0 spiro atoms. The third-order valence-electron chi connectivity index (χ3n) is 2.39. The van der Waals surface area contributed by atoms with Gasteiger partial charge in [0, 0.05) is 5.56 Å². The summed E-state index contributed by atoms with van der Waals surface area (Å²) in [6.07, 6.45) is 0. The van der Waals surface area contributed by atoms with E-state index in [1.165, 1.54) is 0 Å². The van der Waals surface area contributed by atoms with Gasteiger partial charge in [0.25, 0.3) is 0 Å². The Kier molecular flexibility index (Phi) is 2.13. The quantitative estimate of drug-likeness (QED) is 0.736. The van der Waals surface area contributed by atoms with E-state index in [0.29, 0.717) is 12.4 Å². The summed E-state index contributed by atoms with van der Waals surface area (Å²) in [4.78, 5) is 10.7. The number of rotatable bonds is 2. The Morgan fingerprint density at radius 3 is 3.07 bits per heavy atom. The Bertz CT molecular complexity index is 376. The van der Waals surface area contributed by atoms with E-state index in [4.69, 9.17) is 9.84 Å². The van der Waals surface area contributed by atoms with Crippen LogP contribution in [0.15, 0.2) is 18.2 Å². The number of likely N-dealkylation sites (N-methyl/N-ethyl adjacent to an activating group) is 1. The molecule has 14 heavy (non-hydrogen) atoms. The van der Waals surface area contributed by atoms with Crippen LogP contribution in [0.2, 0.25) is 0 Å². The van der Waals surface area contributed by atoms with Gasteiger partial charge in [0.15, 0.2) is 0 Å². The number of ether oxygens (including phenoxy) is 1. The Morgan fingerprint density at radius 1 is 1.64 bits per heavy atom. The van der Waals surface area contributed by atoms with Gasteiger partial charge in [-0.05, 0) is 19.2 Å². The largest absolute Gasteiger partial charge is 0.491 e. The minimum absolute atomic E-state index is 0.174. The van der Waals surface area contributed by atoms with Crippen LogP contribution in [0.4, 0.5) is 0 Å². The van der Waals surface area contributed by atoms with Crippen LogP contribution >= 0.6 is 0 Å². The van der Waals surface area contributed by atoms with Crippen molar-refractivity contribution in [2.24, 2.45) is 0 Å². The first-order chi connectivity index (χ1) is 6.72. The molecular weight excluding hydrogens is 182 g/mol. The van der Waals surface area contributed by atoms with Crippen molar-refractivity contribution < 1.29 is 14.6 Å². The van der Waals surface area contributed by atoms with Gasteiger partial charge in [-0.15, -0.1) is 0 Å². The van der Waals surface area contributed by atoms with Crippen LogP contribution in [-0.2, 0) is 0 Å². The molecule has 1 aliphatic rings. The molecule has 0 unspecified atom stereocenters. The van der Waals surface area contributed by atoms with E-state index in [0.717, 1.165) is 5.56 Å². The molecule has 74 valence electrons. The number of carbonyl (C=O) groups is 1. The van der Waals surface area contributed by atoms with Crippen molar-refractivity contribution in [2.75, 3.05) is 13.7 Å². The second-order valence-corrected chi connectivity index (χ2v) is 3.21. The van der Waals surface area contributed by atoms with Gasteiger partial charge < -0.3 is 15.2 Å². The van der Waals surface area contributed by atoms with E-state index in [-0.39, 0.29) is 11.6 Å². The van der Waals surface area contributed by atoms with Gasteiger partial charge in [0.05, 0.1) is 11.6 Å². The highest BCUT2D eigenvalue weighted by atomic mass is 16.5. The molecule has 4 nitrogen and oxygen atoms in total. The van der Waals surface area contributed by atoms with E-state index in [2.05, 4.69) is 5.32 Å². The molecule has 0 aliphatic carbocycles. The second-order valence-electron chi connectivity index (χ2n) is 3.21. The molecule has 1 aliphatic heterocycles. The first-order valence-electron chi connectivity index (χ1n) is 4.39. The third-order valence-corrected chi connectivity index (χ3v) is 2.39. The predicted octanol–water partition coefficient (Wildman–Crippen LogP) is 1.04. The molecule has 1 aromatic rings. The first kappa shape index (κ1) is 9.02. The molecule has 0 aromatic heterocycles. The SMILES string of the molecule is CN[C@@H]1COc2cc(C(=O)O)ccc21. The number of fused-ring (bicyclic) bond motifs is 1. The Morgan fingerprint density at radius 2 is 2.43 bits per heavy atom. The van der Waals surface area contributed by atoms with Crippen molar-refractivity contribution in [3.05, 3.63) is 29.3 Å². The lowest BCUT2D eigenvalue weighted by Crippen LogP contribution is -2.17. The Hall–Kier alpha value is -1.55. The minimum atomic E-state index is -0.927. The summed E-state index contributed by atoms with van der Waals surface area (Å²) >= 11 is 0. The molecule has 1 heterocycles. The molecule has 0 fully saturated rings. The van der Waals surface area contributed by atoms with Crippen molar-refractivity contribution in [3.63, 3.8) is 0 Å². The summed E-state index contributed by atoms with van der Waals surface area (Å²) in [7, 11) is 1.86. The third kappa shape index (κ3) is 1.33. The summed E-state index contributed by atoms with van der Waals surface area (Å²) in [5.74, 6) is -0.256. The molecule has 0 radical (unpaired) electrons. The van der Waals surface area contributed by atoms with Crippen molar-refractivity contribution in [1.82, 2.24) is 5.32 Å². The van der Waals surface area contributed by atoms with Crippen LogP contribution in [0.1, 0.15) is 22.0 Å². The smallest absolute Gasteiger partial charge is 0.335 e. The molecule has 1 aromatic carbocycles. The Balaban J connectivity index is 2.39. The lowest BCUT2D eigenvalue weighted by Gasteiger charge is -2.05. The van der Waals surface area contributed by atoms with E-state index < -0.39 is 5.97 Å². The maximum Gasteiger partial charge on any atom is 0.335 e. The number of carboxylic acids is 1. The van der Waals surface area contributed by atoms with Gasteiger partial charge in [-0.2, -0.15) is 0 Å². The van der Waals surface area contributed by atoms with Gasteiger partial charge in [0.1, 0.15) is 12.4 Å². The van der Waals surface area contributed by atoms with Gasteiger partial charge in [-0.25, -0.2) is 4.79 Å². The van der Waals surface area contributed by atoms with Crippen LogP contribution in [0.25, 0.3) is 0 Å². The molecule has 0 bridgehead atoms. The molecule has 0 saturated carbocycles. The number of carboxylic acid groups (broad SMARTS) is 1. The standard InChI is InChI=1S/C10H11NO3/c1-11-8-5-14-9-4-6(10(12)13)2-3-7(8)9/h2-4,8,11H,5H2,1H3,(H,12,13)/t8-/m1/s1. The fraction of sp³-hybridized carbons (Fsp3) is 0.300. The highest BCUT2D eigenvalue weighted by Gasteiger charge is 2.23. The lowest BCUT2D eigenvalue weighted by atomic mass is 10.1. The first-order valence-corrected chi connectivity index (χ1v) is 4.39. The van der Waals surface area contributed by atoms with Gasteiger partial charge in [0.2, 0.25) is 0 Å². The number of benzene rings is 1. The number of aromatic carboxylic acids is 1. The summed E-state index contributed by atoms with van der Waals surface area (Å²) < 4.78 is 5.37. The summed E-state index contributed by atoms with van der Waals surface area (Å²) in [5.41, 5.74) is 1.29. The summed E-state index contributed by atoms with van der Waals surface area (Å²) in [6.45, 7) is 0.564. The number of hydrogen-bond acceptors (Lipinski definition) is 3. The van der Waals surface area contributed by atoms with Crippen LogP contribution in [-0.4, -0.2) is 24.7 Å². The number of hydrogen-bond donors (Lipinski definition) is 2. The highest BCUT2D eigenvalue weighted by molar-refractivity contribution is 5.88. The van der Waals surface area contributed by atoms with Gasteiger partial charge in [-0.3, -0.25) is 0 Å². The molecule has 0 saturated heterocycles. The minimum Gasteiger partial charge on any atom is -0.491 e. The van der Waals surface area contributed by atoms with Crippen LogP contribution in [0, 0.1) is 0 Å². The average molecular weight is 193 g/mol. The monoisotopic (exact) mass is 193 g/mol. The topological polar surface area (TPSA) is 58.6 Å². The van der Waals surface area contributed by atoms with E-state index in [1.807, 2.05) is 7.05 Å². The molecule has 2 N–H and O–H groups in total. The Labute approximate surface area is 81.5 Å².